The summed E-state index contributed by atoms with van der Waals surface area (Å²) >= 11 is 0. The summed E-state index contributed by atoms with van der Waals surface area (Å²) in [5.74, 6) is -0.593. The molecule has 26 heavy (non-hydrogen) atoms. The van der Waals surface area contributed by atoms with Gasteiger partial charge in [-0.05, 0) is 63.7 Å². The Balaban J connectivity index is 0.00000243. The van der Waals surface area contributed by atoms with E-state index < -0.39 is 11.6 Å². The van der Waals surface area contributed by atoms with Gasteiger partial charge in [0.15, 0.2) is 0 Å². The van der Waals surface area contributed by atoms with Crippen LogP contribution in [0.4, 0.5) is 8.78 Å². The number of carbonyl (C=O) groups excluding carboxylic acids is 1. The first-order chi connectivity index (χ1) is 12.1. The van der Waals surface area contributed by atoms with Crippen molar-refractivity contribution in [1.82, 2.24) is 15.5 Å². The highest BCUT2D eigenvalue weighted by Crippen LogP contribution is 2.29. The maximum absolute atomic E-state index is 14.0. The molecule has 3 atom stereocenters. The summed E-state index contributed by atoms with van der Waals surface area (Å²) in [6, 6.07) is 3.64. The average Bonchev–Trinajstić information content (AvgIpc) is 3.14. The van der Waals surface area contributed by atoms with Crippen molar-refractivity contribution < 1.29 is 13.6 Å². The Hall–Kier alpha value is -1.24. The van der Waals surface area contributed by atoms with E-state index in [1.165, 1.54) is 18.2 Å². The van der Waals surface area contributed by atoms with E-state index in [0.29, 0.717) is 12.5 Å². The predicted octanol–water partition coefficient (Wildman–Crippen LogP) is 3.03. The molecule has 2 aliphatic rings. The fourth-order valence-electron chi connectivity index (χ4n) is 3.98. The fourth-order valence-corrected chi connectivity index (χ4v) is 3.98. The van der Waals surface area contributed by atoms with Gasteiger partial charge in [0.2, 0.25) is 5.91 Å². The molecule has 4 nitrogen and oxygen atoms in total. The molecule has 2 N–H and O–H groups in total. The smallest absolute Gasteiger partial charge is 0.237 e. The number of piperidine rings is 1. The predicted molar refractivity (Wildman–Crippen MR) is 100 cm³/mol. The molecule has 1 aromatic rings. The Kier molecular flexibility index (Phi) is 7.80. The third-order valence-corrected chi connectivity index (χ3v) is 5.46. The fraction of sp³-hybridized carbons (Fsp3) is 0.632. The zero-order valence-electron chi connectivity index (χ0n) is 15.1. The molecule has 2 heterocycles. The van der Waals surface area contributed by atoms with Crippen LogP contribution < -0.4 is 10.6 Å². The van der Waals surface area contributed by atoms with E-state index in [4.69, 9.17) is 0 Å². The van der Waals surface area contributed by atoms with Crippen LogP contribution in [-0.4, -0.2) is 43.0 Å². The van der Waals surface area contributed by atoms with E-state index >= 15 is 0 Å². The lowest BCUT2D eigenvalue weighted by atomic mass is 9.94. The first kappa shape index (κ1) is 21.1. The number of halogens is 3. The van der Waals surface area contributed by atoms with Gasteiger partial charge in [0, 0.05) is 24.7 Å². The third-order valence-electron chi connectivity index (χ3n) is 5.46. The van der Waals surface area contributed by atoms with E-state index in [1.807, 2.05) is 6.92 Å². The number of likely N-dealkylation sites (tertiary alicyclic amines) is 1. The molecule has 2 aliphatic heterocycles. The Morgan fingerprint density at radius 3 is 2.69 bits per heavy atom. The first-order valence-electron chi connectivity index (χ1n) is 9.25. The number of benzene rings is 1. The molecule has 2 saturated heterocycles. The molecule has 0 bridgehead atoms. The molecule has 0 radical (unpaired) electrons. The standard InChI is InChI=1S/C19H27F2N3O.ClH/c1-13(18-15(20)6-2-7-16(18)21)24-10-4-5-14(12-24)11-23-19(25)17-8-3-9-22-17;/h2,6-7,13-14,17,22H,3-5,8-12H2,1H3,(H,23,25);1H. The minimum Gasteiger partial charge on any atom is -0.354 e. The highest BCUT2D eigenvalue weighted by atomic mass is 35.5. The van der Waals surface area contributed by atoms with Gasteiger partial charge >= 0.3 is 0 Å². The van der Waals surface area contributed by atoms with E-state index in [1.54, 1.807) is 0 Å². The van der Waals surface area contributed by atoms with Crippen LogP contribution in [0.2, 0.25) is 0 Å². The van der Waals surface area contributed by atoms with Crippen molar-refractivity contribution in [2.24, 2.45) is 5.92 Å². The molecular formula is C19H28ClF2N3O. The van der Waals surface area contributed by atoms with Gasteiger partial charge in [0.1, 0.15) is 11.6 Å². The van der Waals surface area contributed by atoms with Gasteiger partial charge in [-0.3, -0.25) is 9.69 Å². The molecule has 3 rings (SSSR count). The quantitative estimate of drug-likeness (QED) is 0.816. The molecule has 1 amide bonds. The number of hydrogen-bond acceptors (Lipinski definition) is 3. The molecular weight excluding hydrogens is 360 g/mol. The average molecular weight is 388 g/mol. The molecule has 7 heteroatoms. The third kappa shape index (κ3) is 4.93. The van der Waals surface area contributed by atoms with Gasteiger partial charge in [-0.25, -0.2) is 8.78 Å². The highest BCUT2D eigenvalue weighted by Gasteiger charge is 2.28. The van der Waals surface area contributed by atoms with Crippen molar-refractivity contribution in [3.63, 3.8) is 0 Å². The van der Waals surface area contributed by atoms with Crippen LogP contribution in [0.5, 0.6) is 0 Å². The molecule has 2 fully saturated rings. The lowest BCUT2D eigenvalue weighted by Gasteiger charge is -2.37. The first-order valence-corrected chi connectivity index (χ1v) is 9.25. The second-order valence-corrected chi connectivity index (χ2v) is 7.21. The molecule has 0 spiro atoms. The van der Waals surface area contributed by atoms with Gasteiger partial charge in [-0.1, -0.05) is 6.07 Å². The van der Waals surface area contributed by atoms with Crippen LogP contribution in [0.15, 0.2) is 18.2 Å². The Morgan fingerprint density at radius 2 is 2.04 bits per heavy atom. The second kappa shape index (κ2) is 9.62. The van der Waals surface area contributed by atoms with Crippen LogP contribution in [0, 0.1) is 17.6 Å². The van der Waals surface area contributed by atoms with Crippen molar-refractivity contribution in [2.75, 3.05) is 26.2 Å². The van der Waals surface area contributed by atoms with Crippen molar-refractivity contribution in [1.29, 1.82) is 0 Å². The normalized spacial score (nSPS) is 24.7. The summed E-state index contributed by atoms with van der Waals surface area (Å²) in [7, 11) is 0. The summed E-state index contributed by atoms with van der Waals surface area (Å²) in [6.45, 7) is 4.95. The summed E-state index contributed by atoms with van der Waals surface area (Å²) in [5.41, 5.74) is 0.141. The zero-order chi connectivity index (χ0) is 17.8. The minimum atomic E-state index is -0.491. The minimum absolute atomic E-state index is 0. The molecule has 1 aromatic carbocycles. The zero-order valence-corrected chi connectivity index (χ0v) is 16.0. The Morgan fingerprint density at radius 1 is 1.31 bits per heavy atom. The van der Waals surface area contributed by atoms with E-state index in [2.05, 4.69) is 15.5 Å². The van der Waals surface area contributed by atoms with Gasteiger partial charge < -0.3 is 10.6 Å². The monoisotopic (exact) mass is 387 g/mol. The number of rotatable bonds is 5. The topological polar surface area (TPSA) is 44.4 Å². The Bertz CT molecular complexity index is 590. The number of nitrogens with one attached hydrogen (secondary N) is 2. The van der Waals surface area contributed by atoms with Crippen LogP contribution in [0.25, 0.3) is 0 Å². The van der Waals surface area contributed by atoms with Crippen LogP contribution >= 0.6 is 12.4 Å². The van der Waals surface area contributed by atoms with Gasteiger partial charge in [0.25, 0.3) is 0 Å². The molecule has 146 valence electrons. The van der Waals surface area contributed by atoms with Gasteiger partial charge in [-0.2, -0.15) is 0 Å². The van der Waals surface area contributed by atoms with Crippen molar-refractivity contribution in [2.45, 2.75) is 44.7 Å². The lowest BCUT2D eigenvalue weighted by molar-refractivity contribution is -0.123. The van der Waals surface area contributed by atoms with Crippen LogP contribution in [0.1, 0.15) is 44.2 Å². The lowest BCUT2D eigenvalue weighted by Crippen LogP contribution is -2.46. The van der Waals surface area contributed by atoms with Gasteiger partial charge in [-0.15, -0.1) is 12.4 Å². The van der Waals surface area contributed by atoms with Crippen LogP contribution in [0.3, 0.4) is 0 Å². The van der Waals surface area contributed by atoms with E-state index in [0.717, 1.165) is 45.3 Å². The summed E-state index contributed by atoms with van der Waals surface area (Å²) < 4.78 is 28.1. The van der Waals surface area contributed by atoms with Crippen LogP contribution in [-0.2, 0) is 4.79 Å². The summed E-state index contributed by atoms with van der Waals surface area (Å²) in [5, 5.41) is 6.24. The summed E-state index contributed by atoms with van der Waals surface area (Å²) in [6.07, 6.45) is 3.94. The SMILES string of the molecule is CC(c1c(F)cccc1F)N1CCCC(CNC(=O)C2CCCN2)C1.Cl. The number of nitrogens with zero attached hydrogens (tertiary/aromatic N) is 1. The maximum atomic E-state index is 14.0. The number of amides is 1. The van der Waals surface area contributed by atoms with E-state index in [9.17, 15) is 13.6 Å². The van der Waals surface area contributed by atoms with E-state index in [-0.39, 0.29) is 36.0 Å². The number of hydrogen-bond donors (Lipinski definition) is 2. The van der Waals surface area contributed by atoms with Crippen molar-refractivity contribution >= 4 is 18.3 Å². The second-order valence-electron chi connectivity index (χ2n) is 7.21. The largest absolute Gasteiger partial charge is 0.354 e. The van der Waals surface area contributed by atoms with Crippen molar-refractivity contribution in [3.8, 4) is 0 Å². The molecule has 0 aliphatic carbocycles. The molecule has 3 unspecified atom stereocenters. The Labute approximate surface area is 160 Å². The molecule has 0 saturated carbocycles. The maximum Gasteiger partial charge on any atom is 0.237 e. The summed E-state index contributed by atoms with van der Waals surface area (Å²) in [4.78, 5) is 14.2. The highest BCUT2D eigenvalue weighted by molar-refractivity contribution is 5.85. The van der Waals surface area contributed by atoms with Gasteiger partial charge in [0.05, 0.1) is 6.04 Å². The van der Waals surface area contributed by atoms with Crippen molar-refractivity contribution in [3.05, 3.63) is 35.4 Å². The molecule has 0 aromatic heterocycles. The number of carbonyl (C=O) groups is 1.